The average Bonchev–Trinajstić information content (AvgIpc) is 2.82. The van der Waals surface area contributed by atoms with Crippen molar-refractivity contribution in [2.45, 2.75) is 19.8 Å². The van der Waals surface area contributed by atoms with Gasteiger partial charge in [-0.15, -0.1) is 10.2 Å². The maximum absolute atomic E-state index is 5.03. The predicted octanol–water partition coefficient (Wildman–Crippen LogP) is 1.30. The molecule has 1 atom stereocenters. The lowest BCUT2D eigenvalue weighted by Gasteiger charge is -2.32. The third kappa shape index (κ3) is 3.90. The molecule has 1 aliphatic rings. The molecule has 1 aromatic rings. The lowest BCUT2D eigenvalue weighted by Crippen LogP contribution is -2.40. The molecule has 5 nitrogen and oxygen atoms in total. The molecule has 18 heavy (non-hydrogen) atoms. The summed E-state index contributed by atoms with van der Waals surface area (Å²) in [6.45, 7) is 7.00. The monoisotopic (exact) mass is 270 g/mol. The Hall–Kier alpha value is -0.720. The van der Waals surface area contributed by atoms with Gasteiger partial charge >= 0.3 is 0 Å². The molecule has 1 N–H and O–H groups in total. The summed E-state index contributed by atoms with van der Waals surface area (Å²) in [6, 6.07) is 0. The van der Waals surface area contributed by atoms with Gasteiger partial charge < -0.3 is 15.0 Å². The quantitative estimate of drug-likeness (QED) is 0.790. The van der Waals surface area contributed by atoms with Gasteiger partial charge in [0.15, 0.2) is 0 Å². The van der Waals surface area contributed by atoms with Gasteiger partial charge in [-0.25, -0.2) is 0 Å². The van der Waals surface area contributed by atoms with Gasteiger partial charge in [0.2, 0.25) is 5.13 Å². The standard InChI is InChI=1S/C12H22N4OS/c1-10-14-15-12(18-10)16-6-3-4-11(9-16)8-13-5-7-17-2/h11,13H,3-9H2,1-2H3. The van der Waals surface area contributed by atoms with E-state index in [0.717, 1.165) is 42.9 Å². The zero-order chi connectivity index (χ0) is 12.8. The van der Waals surface area contributed by atoms with Crippen molar-refractivity contribution in [3.63, 3.8) is 0 Å². The van der Waals surface area contributed by atoms with Gasteiger partial charge in [-0.1, -0.05) is 11.3 Å². The molecule has 1 fully saturated rings. The van der Waals surface area contributed by atoms with Crippen molar-refractivity contribution in [3.05, 3.63) is 5.01 Å². The zero-order valence-electron chi connectivity index (χ0n) is 11.2. The second kappa shape index (κ2) is 7.01. The van der Waals surface area contributed by atoms with Crippen molar-refractivity contribution in [1.29, 1.82) is 0 Å². The Morgan fingerprint density at radius 2 is 2.39 bits per heavy atom. The van der Waals surface area contributed by atoms with E-state index in [4.69, 9.17) is 4.74 Å². The maximum atomic E-state index is 5.03. The molecule has 2 heterocycles. The summed E-state index contributed by atoms with van der Waals surface area (Å²) in [5, 5.41) is 13.9. The topological polar surface area (TPSA) is 50.3 Å². The molecule has 0 amide bonds. The van der Waals surface area contributed by atoms with Crippen LogP contribution in [0.15, 0.2) is 0 Å². The zero-order valence-corrected chi connectivity index (χ0v) is 12.0. The number of aryl methyl sites for hydroxylation is 1. The molecular weight excluding hydrogens is 248 g/mol. The third-order valence-electron chi connectivity index (χ3n) is 3.22. The fourth-order valence-electron chi connectivity index (χ4n) is 2.30. The van der Waals surface area contributed by atoms with Crippen molar-refractivity contribution in [2.75, 3.05) is 44.8 Å². The molecule has 0 aromatic carbocycles. The lowest BCUT2D eigenvalue weighted by molar-refractivity contribution is 0.197. The molecule has 0 radical (unpaired) electrons. The van der Waals surface area contributed by atoms with E-state index in [0.29, 0.717) is 5.92 Å². The van der Waals surface area contributed by atoms with Crippen molar-refractivity contribution >= 4 is 16.5 Å². The molecule has 2 rings (SSSR count). The van der Waals surface area contributed by atoms with Crippen LogP contribution < -0.4 is 10.2 Å². The van der Waals surface area contributed by atoms with Crippen LogP contribution in [0, 0.1) is 12.8 Å². The van der Waals surface area contributed by atoms with Crippen LogP contribution in [0.5, 0.6) is 0 Å². The summed E-state index contributed by atoms with van der Waals surface area (Å²) < 4.78 is 5.03. The van der Waals surface area contributed by atoms with Crippen LogP contribution in [0.1, 0.15) is 17.8 Å². The highest BCUT2D eigenvalue weighted by Crippen LogP contribution is 2.25. The Labute approximate surface area is 113 Å². The molecule has 1 unspecified atom stereocenters. The number of hydrogen-bond donors (Lipinski definition) is 1. The second-order valence-electron chi connectivity index (χ2n) is 4.75. The Morgan fingerprint density at radius 1 is 1.50 bits per heavy atom. The van der Waals surface area contributed by atoms with Crippen LogP contribution in [0.4, 0.5) is 5.13 Å². The van der Waals surface area contributed by atoms with Crippen molar-refractivity contribution in [3.8, 4) is 0 Å². The van der Waals surface area contributed by atoms with Crippen LogP contribution in [0.3, 0.4) is 0 Å². The number of piperidine rings is 1. The summed E-state index contributed by atoms with van der Waals surface area (Å²) in [5.74, 6) is 0.708. The van der Waals surface area contributed by atoms with E-state index in [9.17, 15) is 0 Å². The summed E-state index contributed by atoms with van der Waals surface area (Å²) in [5.41, 5.74) is 0. The summed E-state index contributed by atoms with van der Waals surface area (Å²) in [7, 11) is 1.74. The average molecular weight is 270 g/mol. The Balaban J connectivity index is 1.77. The lowest BCUT2D eigenvalue weighted by atomic mass is 9.98. The van der Waals surface area contributed by atoms with Gasteiger partial charge in [-0.05, 0) is 32.2 Å². The van der Waals surface area contributed by atoms with Gasteiger partial charge in [0.05, 0.1) is 6.61 Å². The number of nitrogens with zero attached hydrogens (tertiary/aromatic N) is 3. The highest BCUT2D eigenvalue weighted by atomic mass is 32.1. The van der Waals surface area contributed by atoms with E-state index in [-0.39, 0.29) is 0 Å². The Kier molecular flexibility index (Phi) is 5.34. The molecule has 102 valence electrons. The Bertz CT molecular complexity index is 358. The van der Waals surface area contributed by atoms with Crippen molar-refractivity contribution in [1.82, 2.24) is 15.5 Å². The highest BCUT2D eigenvalue weighted by molar-refractivity contribution is 7.15. The number of anilines is 1. The number of aromatic nitrogens is 2. The highest BCUT2D eigenvalue weighted by Gasteiger charge is 2.21. The van der Waals surface area contributed by atoms with Crippen molar-refractivity contribution < 1.29 is 4.74 Å². The van der Waals surface area contributed by atoms with Crippen LogP contribution in [-0.4, -0.2) is 50.1 Å². The van der Waals surface area contributed by atoms with Crippen LogP contribution in [0.25, 0.3) is 0 Å². The minimum Gasteiger partial charge on any atom is -0.383 e. The van der Waals surface area contributed by atoms with E-state index >= 15 is 0 Å². The first-order chi connectivity index (χ1) is 8.79. The largest absolute Gasteiger partial charge is 0.383 e. The van der Waals surface area contributed by atoms with E-state index in [1.54, 1.807) is 18.4 Å². The number of rotatable bonds is 6. The molecule has 6 heteroatoms. The van der Waals surface area contributed by atoms with E-state index in [2.05, 4.69) is 20.4 Å². The minimum absolute atomic E-state index is 0.708. The number of nitrogens with one attached hydrogen (secondary N) is 1. The summed E-state index contributed by atoms with van der Waals surface area (Å²) in [4.78, 5) is 2.37. The molecule has 0 bridgehead atoms. The molecule has 0 saturated carbocycles. The van der Waals surface area contributed by atoms with Gasteiger partial charge in [-0.3, -0.25) is 0 Å². The molecule has 0 spiro atoms. The first-order valence-electron chi connectivity index (χ1n) is 6.54. The van der Waals surface area contributed by atoms with Gasteiger partial charge in [0.1, 0.15) is 5.01 Å². The smallest absolute Gasteiger partial charge is 0.208 e. The van der Waals surface area contributed by atoms with Gasteiger partial charge in [0, 0.05) is 26.7 Å². The van der Waals surface area contributed by atoms with Crippen LogP contribution in [0.2, 0.25) is 0 Å². The first-order valence-corrected chi connectivity index (χ1v) is 7.36. The fourth-order valence-corrected chi connectivity index (χ4v) is 3.02. The minimum atomic E-state index is 0.708. The Morgan fingerprint density at radius 3 is 3.11 bits per heavy atom. The first kappa shape index (κ1) is 13.7. The van der Waals surface area contributed by atoms with Gasteiger partial charge in [0.25, 0.3) is 0 Å². The number of methoxy groups -OCH3 is 1. The number of ether oxygens (including phenoxy) is 1. The SMILES string of the molecule is COCCNCC1CCCN(c2nnc(C)s2)C1. The third-order valence-corrected chi connectivity index (χ3v) is 4.12. The summed E-state index contributed by atoms with van der Waals surface area (Å²) >= 11 is 1.69. The molecule has 1 saturated heterocycles. The van der Waals surface area contributed by atoms with Crippen LogP contribution in [-0.2, 0) is 4.74 Å². The molecule has 1 aliphatic heterocycles. The van der Waals surface area contributed by atoms with E-state index < -0.39 is 0 Å². The summed E-state index contributed by atoms with van der Waals surface area (Å²) in [6.07, 6.45) is 2.55. The normalized spacial score (nSPS) is 20.3. The van der Waals surface area contributed by atoms with E-state index in [1.807, 2.05) is 6.92 Å². The predicted molar refractivity (Wildman–Crippen MR) is 74.3 cm³/mol. The molecule has 1 aromatic heterocycles. The van der Waals surface area contributed by atoms with E-state index in [1.165, 1.54) is 12.8 Å². The molecule has 0 aliphatic carbocycles. The number of hydrogen-bond acceptors (Lipinski definition) is 6. The maximum Gasteiger partial charge on any atom is 0.208 e. The van der Waals surface area contributed by atoms with Crippen LogP contribution >= 0.6 is 11.3 Å². The molecular formula is C12H22N4OS. The fraction of sp³-hybridized carbons (Fsp3) is 0.833. The van der Waals surface area contributed by atoms with Gasteiger partial charge in [-0.2, -0.15) is 0 Å². The van der Waals surface area contributed by atoms with Crippen molar-refractivity contribution in [2.24, 2.45) is 5.92 Å². The second-order valence-corrected chi connectivity index (χ2v) is 5.91.